The number of piperazine rings is 1. The van der Waals surface area contributed by atoms with Crippen LogP contribution < -0.4 is 9.80 Å². The standard InChI is InChI=1S/C24H30N6/c1-3-17-19(5-1)25-21(15-7-8-15)27-23(17)29-11-13-30(14-12-29)24-18-4-2-6-20(18)26-22(28-24)16-9-10-16/h15-16H,1-14H2. The van der Waals surface area contributed by atoms with E-state index in [9.17, 15) is 0 Å². The molecule has 3 heterocycles. The Hall–Kier alpha value is -2.24. The van der Waals surface area contributed by atoms with Crippen LogP contribution in [0.2, 0.25) is 0 Å². The van der Waals surface area contributed by atoms with Crippen LogP contribution >= 0.6 is 0 Å². The molecule has 6 nitrogen and oxygen atoms in total. The molecule has 0 N–H and O–H groups in total. The molecule has 1 saturated heterocycles. The van der Waals surface area contributed by atoms with E-state index >= 15 is 0 Å². The molecular weight excluding hydrogens is 372 g/mol. The first kappa shape index (κ1) is 17.4. The first-order valence-electron chi connectivity index (χ1n) is 12.1. The first-order valence-corrected chi connectivity index (χ1v) is 12.1. The largest absolute Gasteiger partial charge is 0.353 e. The van der Waals surface area contributed by atoms with Gasteiger partial charge in [0.2, 0.25) is 0 Å². The van der Waals surface area contributed by atoms with Gasteiger partial charge in [-0.1, -0.05) is 0 Å². The zero-order valence-corrected chi connectivity index (χ0v) is 17.7. The summed E-state index contributed by atoms with van der Waals surface area (Å²) in [6.45, 7) is 4.13. The summed E-state index contributed by atoms with van der Waals surface area (Å²) in [5.41, 5.74) is 5.55. The molecule has 2 aromatic rings. The smallest absolute Gasteiger partial charge is 0.135 e. The van der Waals surface area contributed by atoms with Gasteiger partial charge in [-0.15, -0.1) is 0 Å². The number of hydrogen-bond donors (Lipinski definition) is 0. The zero-order valence-electron chi connectivity index (χ0n) is 17.7. The van der Waals surface area contributed by atoms with Crippen molar-refractivity contribution in [3.8, 4) is 0 Å². The second-order valence-corrected chi connectivity index (χ2v) is 9.89. The monoisotopic (exact) mass is 402 g/mol. The lowest BCUT2D eigenvalue weighted by Crippen LogP contribution is -2.48. The van der Waals surface area contributed by atoms with E-state index in [0.29, 0.717) is 11.8 Å². The van der Waals surface area contributed by atoms with Crippen molar-refractivity contribution in [3.05, 3.63) is 34.2 Å². The minimum absolute atomic E-state index is 0.625. The van der Waals surface area contributed by atoms with E-state index in [4.69, 9.17) is 19.9 Å². The summed E-state index contributed by atoms with van der Waals surface area (Å²) in [6.07, 6.45) is 12.2. The normalized spacial score (nSPS) is 23.1. The van der Waals surface area contributed by atoms with Gasteiger partial charge in [0, 0.05) is 60.5 Å². The van der Waals surface area contributed by atoms with Crippen molar-refractivity contribution >= 4 is 11.6 Å². The second kappa shape index (κ2) is 6.63. The van der Waals surface area contributed by atoms with Gasteiger partial charge in [-0.05, 0) is 64.2 Å². The summed E-state index contributed by atoms with van der Waals surface area (Å²) in [5, 5.41) is 0. The van der Waals surface area contributed by atoms with Crippen LogP contribution in [0.15, 0.2) is 0 Å². The number of hydrogen-bond acceptors (Lipinski definition) is 6. The minimum Gasteiger partial charge on any atom is -0.353 e. The fraction of sp³-hybridized carbons (Fsp3) is 0.667. The molecule has 0 amide bonds. The third-order valence-corrected chi connectivity index (χ3v) is 7.62. The van der Waals surface area contributed by atoms with Gasteiger partial charge in [-0.25, -0.2) is 19.9 Å². The van der Waals surface area contributed by atoms with Crippen LogP contribution in [0.5, 0.6) is 0 Å². The van der Waals surface area contributed by atoms with E-state index in [1.54, 1.807) is 0 Å². The molecule has 3 fully saturated rings. The zero-order chi connectivity index (χ0) is 19.7. The molecule has 0 atom stereocenters. The maximum absolute atomic E-state index is 5.10. The molecule has 0 radical (unpaired) electrons. The molecule has 30 heavy (non-hydrogen) atoms. The Morgan fingerprint density at radius 3 is 1.37 bits per heavy atom. The molecule has 7 rings (SSSR count). The molecular formula is C24H30N6. The second-order valence-electron chi connectivity index (χ2n) is 9.89. The third-order valence-electron chi connectivity index (χ3n) is 7.62. The van der Waals surface area contributed by atoms with Crippen molar-refractivity contribution in [2.24, 2.45) is 0 Å². The first-order chi connectivity index (χ1) is 14.8. The highest BCUT2D eigenvalue weighted by atomic mass is 15.3. The van der Waals surface area contributed by atoms with E-state index < -0.39 is 0 Å². The van der Waals surface area contributed by atoms with Crippen molar-refractivity contribution in [2.75, 3.05) is 36.0 Å². The summed E-state index contributed by atoms with van der Waals surface area (Å²) in [5.74, 6) is 6.00. The van der Waals surface area contributed by atoms with Crippen LogP contribution in [-0.4, -0.2) is 46.1 Å². The maximum Gasteiger partial charge on any atom is 0.135 e. The lowest BCUT2D eigenvalue weighted by molar-refractivity contribution is 0.631. The van der Waals surface area contributed by atoms with E-state index in [2.05, 4.69) is 9.80 Å². The van der Waals surface area contributed by atoms with Crippen molar-refractivity contribution in [1.29, 1.82) is 0 Å². The number of rotatable bonds is 4. The predicted octanol–water partition coefficient (Wildman–Crippen LogP) is 3.33. The Morgan fingerprint density at radius 1 is 0.533 bits per heavy atom. The Kier molecular flexibility index (Phi) is 3.85. The van der Waals surface area contributed by atoms with Crippen molar-refractivity contribution in [1.82, 2.24) is 19.9 Å². The molecule has 2 saturated carbocycles. The summed E-state index contributed by atoms with van der Waals surface area (Å²) < 4.78 is 0. The highest BCUT2D eigenvalue weighted by molar-refractivity contribution is 5.56. The lowest BCUT2D eigenvalue weighted by atomic mass is 10.1. The van der Waals surface area contributed by atoms with Crippen LogP contribution in [0.4, 0.5) is 11.6 Å². The number of anilines is 2. The average molecular weight is 403 g/mol. The third kappa shape index (κ3) is 2.90. The molecule has 4 aliphatic carbocycles. The topological polar surface area (TPSA) is 58.0 Å². The predicted molar refractivity (Wildman–Crippen MR) is 116 cm³/mol. The molecule has 156 valence electrons. The van der Waals surface area contributed by atoms with E-state index in [0.717, 1.165) is 63.5 Å². The van der Waals surface area contributed by atoms with E-state index in [1.165, 1.54) is 72.7 Å². The highest BCUT2D eigenvalue weighted by Gasteiger charge is 2.34. The van der Waals surface area contributed by atoms with Crippen LogP contribution in [0.1, 0.15) is 84.5 Å². The molecule has 0 unspecified atom stereocenters. The van der Waals surface area contributed by atoms with Gasteiger partial charge in [0.05, 0.1) is 0 Å². The molecule has 0 bridgehead atoms. The minimum atomic E-state index is 0.625. The molecule has 6 heteroatoms. The molecule has 1 aliphatic heterocycles. The number of aromatic nitrogens is 4. The Balaban J connectivity index is 1.16. The van der Waals surface area contributed by atoms with Gasteiger partial charge >= 0.3 is 0 Å². The summed E-state index contributed by atoms with van der Waals surface area (Å²) in [6, 6.07) is 0. The quantitative estimate of drug-likeness (QED) is 0.782. The van der Waals surface area contributed by atoms with Gasteiger partial charge in [0.1, 0.15) is 23.3 Å². The van der Waals surface area contributed by atoms with Crippen molar-refractivity contribution in [2.45, 2.75) is 76.0 Å². The van der Waals surface area contributed by atoms with Gasteiger partial charge < -0.3 is 9.80 Å². The van der Waals surface area contributed by atoms with Crippen molar-refractivity contribution < 1.29 is 0 Å². The summed E-state index contributed by atoms with van der Waals surface area (Å²) >= 11 is 0. The molecule has 0 aromatic carbocycles. The number of fused-ring (bicyclic) bond motifs is 2. The van der Waals surface area contributed by atoms with E-state index in [-0.39, 0.29) is 0 Å². The average Bonchev–Trinajstić information content (AvgIpc) is 3.71. The fourth-order valence-electron chi connectivity index (χ4n) is 5.56. The van der Waals surface area contributed by atoms with Crippen LogP contribution in [0, 0.1) is 0 Å². The Labute approximate surface area is 178 Å². The molecule has 2 aromatic heterocycles. The molecule has 0 spiro atoms. The number of nitrogens with zero attached hydrogens (tertiary/aromatic N) is 6. The van der Waals surface area contributed by atoms with Gasteiger partial charge in [-0.2, -0.15) is 0 Å². The lowest BCUT2D eigenvalue weighted by Gasteiger charge is -2.37. The number of aryl methyl sites for hydroxylation is 2. The van der Waals surface area contributed by atoms with E-state index in [1.807, 2.05) is 0 Å². The SMILES string of the molecule is C1Cc2nc(C3CC3)nc(N3CCN(c4nc(C5CC5)nc5c4CCC5)CC3)c2C1. The Bertz CT molecular complexity index is 920. The van der Waals surface area contributed by atoms with Crippen LogP contribution in [0.3, 0.4) is 0 Å². The van der Waals surface area contributed by atoms with Gasteiger partial charge in [0.15, 0.2) is 0 Å². The van der Waals surface area contributed by atoms with Gasteiger partial charge in [-0.3, -0.25) is 0 Å². The van der Waals surface area contributed by atoms with Crippen LogP contribution in [-0.2, 0) is 25.7 Å². The van der Waals surface area contributed by atoms with Crippen LogP contribution in [0.25, 0.3) is 0 Å². The fourth-order valence-corrected chi connectivity index (χ4v) is 5.56. The summed E-state index contributed by atoms with van der Waals surface area (Å²) in [4.78, 5) is 25.2. The summed E-state index contributed by atoms with van der Waals surface area (Å²) in [7, 11) is 0. The molecule has 5 aliphatic rings. The maximum atomic E-state index is 5.10. The van der Waals surface area contributed by atoms with Crippen molar-refractivity contribution in [3.63, 3.8) is 0 Å². The van der Waals surface area contributed by atoms with Gasteiger partial charge in [0.25, 0.3) is 0 Å². The Morgan fingerprint density at radius 2 is 0.967 bits per heavy atom. The highest BCUT2D eigenvalue weighted by Crippen LogP contribution is 2.42.